The van der Waals surface area contributed by atoms with E-state index in [1.165, 1.54) is 6.92 Å². The molecule has 0 aliphatic carbocycles. The van der Waals surface area contributed by atoms with Gasteiger partial charge in [0.25, 0.3) is 5.91 Å². The highest BCUT2D eigenvalue weighted by atomic mass is 16.7. The Morgan fingerprint density at radius 1 is 1.04 bits per heavy atom. The van der Waals surface area contributed by atoms with Gasteiger partial charge in [0.2, 0.25) is 12.7 Å². The van der Waals surface area contributed by atoms with E-state index in [1.807, 2.05) is 19.1 Å². The summed E-state index contributed by atoms with van der Waals surface area (Å²) in [4.78, 5) is 24.0. The zero-order valence-electron chi connectivity index (χ0n) is 14.0. The number of aryl methyl sites for hydroxylation is 1. The first-order chi connectivity index (χ1) is 12.0. The lowest BCUT2D eigenvalue weighted by Crippen LogP contribution is -2.28. The molecule has 1 aliphatic heterocycles. The molecule has 2 aromatic carbocycles. The highest BCUT2D eigenvalue weighted by Crippen LogP contribution is 2.33. The van der Waals surface area contributed by atoms with Crippen molar-refractivity contribution < 1.29 is 19.1 Å². The van der Waals surface area contributed by atoms with Crippen LogP contribution in [-0.4, -0.2) is 18.6 Å². The molecule has 0 fully saturated rings. The Morgan fingerprint density at radius 3 is 2.48 bits per heavy atom. The molecule has 0 spiro atoms. The largest absolute Gasteiger partial charge is 0.454 e. The summed E-state index contributed by atoms with van der Waals surface area (Å²) in [5.74, 6) is 0.528. The number of carbonyl (C=O) groups is 2. The van der Waals surface area contributed by atoms with Crippen molar-refractivity contribution in [2.75, 3.05) is 12.1 Å². The minimum atomic E-state index is -0.406. The van der Waals surface area contributed by atoms with Crippen LogP contribution in [0, 0.1) is 6.92 Å². The zero-order valence-corrected chi connectivity index (χ0v) is 14.0. The number of amides is 2. The standard InChI is InChI=1S/C19H18N2O4/c1-12-3-6-15(7-4-12)21-19(23)16(20-13(2)22)9-14-5-8-17-18(10-14)25-11-24-17/h3-10H,11H2,1-2H3,(H,20,22)(H,21,23). The fraction of sp³-hybridized carbons (Fsp3) is 0.158. The molecular weight excluding hydrogens is 320 g/mol. The van der Waals surface area contributed by atoms with Crippen LogP contribution in [0.15, 0.2) is 48.2 Å². The number of hydrogen-bond donors (Lipinski definition) is 2. The van der Waals surface area contributed by atoms with Crippen LogP contribution in [0.2, 0.25) is 0 Å². The van der Waals surface area contributed by atoms with Gasteiger partial charge in [0.15, 0.2) is 11.5 Å². The van der Waals surface area contributed by atoms with Crippen LogP contribution in [0.1, 0.15) is 18.1 Å². The highest BCUT2D eigenvalue weighted by molar-refractivity contribution is 6.08. The lowest BCUT2D eigenvalue weighted by molar-refractivity contribution is -0.120. The quantitative estimate of drug-likeness (QED) is 0.841. The average Bonchev–Trinajstić information content (AvgIpc) is 3.03. The molecule has 3 rings (SSSR count). The van der Waals surface area contributed by atoms with Crippen molar-refractivity contribution in [2.24, 2.45) is 0 Å². The predicted octanol–water partition coefficient (Wildman–Crippen LogP) is 2.84. The summed E-state index contributed by atoms with van der Waals surface area (Å²) >= 11 is 0. The summed E-state index contributed by atoms with van der Waals surface area (Å²) < 4.78 is 10.6. The molecule has 0 unspecified atom stereocenters. The molecule has 25 heavy (non-hydrogen) atoms. The van der Waals surface area contributed by atoms with Gasteiger partial charge in [-0.2, -0.15) is 0 Å². The molecule has 128 valence electrons. The van der Waals surface area contributed by atoms with Crippen molar-refractivity contribution in [3.8, 4) is 11.5 Å². The Balaban J connectivity index is 1.84. The second kappa shape index (κ2) is 7.09. The molecule has 1 aliphatic rings. The van der Waals surface area contributed by atoms with Gasteiger partial charge in [-0.3, -0.25) is 9.59 Å². The summed E-state index contributed by atoms with van der Waals surface area (Å²) in [6.45, 7) is 3.50. The Bertz CT molecular complexity index is 841. The first kappa shape index (κ1) is 16.6. The summed E-state index contributed by atoms with van der Waals surface area (Å²) in [6.07, 6.45) is 1.59. The number of ether oxygens (including phenoxy) is 2. The van der Waals surface area contributed by atoms with E-state index in [9.17, 15) is 9.59 Å². The van der Waals surface area contributed by atoms with Gasteiger partial charge in [-0.1, -0.05) is 23.8 Å². The van der Waals surface area contributed by atoms with E-state index in [0.29, 0.717) is 22.7 Å². The first-order valence-electron chi connectivity index (χ1n) is 7.78. The van der Waals surface area contributed by atoms with Gasteiger partial charge in [0.1, 0.15) is 5.70 Å². The number of carbonyl (C=O) groups excluding carboxylic acids is 2. The SMILES string of the molecule is CC(=O)NC(=Cc1ccc2c(c1)OCO2)C(=O)Nc1ccc(C)cc1. The molecule has 0 atom stereocenters. The molecule has 1 heterocycles. The molecule has 2 N–H and O–H groups in total. The van der Waals surface area contributed by atoms with E-state index < -0.39 is 5.91 Å². The first-order valence-corrected chi connectivity index (χ1v) is 7.78. The van der Waals surface area contributed by atoms with Gasteiger partial charge in [0.05, 0.1) is 0 Å². The fourth-order valence-corrected chi connectivity index (χ4v) is 2.35. The van der Waals surface area contributed by atoms with Gasteiger partial charge < -0.3 is 20.1 Å². The second-order valence-electron chi connectivity index (χ2n) is 5.67. The lowest BCUT2D eigenvalue weighted by atomic mass is 10.1. The Hall–Kier alpha value is -3.28. The van der Waals surface area contributed by atoms with Crippen molar-refractivity contribution >= 4 is 23.6 Å². The lowest BCUT2D eigenvalue weighted by Gasteiger charge is -2.10. The molecule has 0 aromatic heterocycles. The smallest absolute Gasteiger partial charge is 0.272 e. The van der Waals surface area contributed by atoms with E-state index in [4.69, 9.17) is 9.47 Å². The van der Waals surface area contributed by atoms with E-state index >= 15 is 0 Å². The van der Waals surface area contributed by atoms with Crippen molar-refractivity contribution in [3.05, 3.63) is 59.3 Å². The van der Waals surface area contributed by atoms with Gasteiger partial charge in [0, 0.05) is 12.6 Å². The highest BCUT2D eigenvalue weighted by Gasteiger charge is 2.15. The third-order valence-electron chi connectivity index (χ3n) is 3.57. The van der Waals surface area contributed by atoms with Crippen LogP contribution in [0.3, 0.4) is 0 Å². The van der Waals surface area contributed by atoms with Crippen LogP contribution in [0.5, 0.6) is 11.5 Å². The number of nitrogens with one attached hydrogen (secondary N) is 2. The van der Waals surface area contributed by atoms with Crippen LogP contribution in [0.4, 0.5) is 5.69 Å². The monoisotopic (exact) mass is 338 g/mol. The van der Waals surface area contributed by atoms with Crippen LogP contribution >= 0.6 is 0 Å². The maximum Gasteiger partial charge on any atom is 0.272 e. The number of benzene rings is 2. The van der Waals surface area contributed by atoms with E-state index in [0.717, 1.165) is 5.56 Å². The summed E-state index contributed by atoms with van der Waals surface area (Å²) in [7, 11) is 0. The summed E-state index contributed by atoms with van der Waals surface area (Å²) in [5, 5.41) is 5.33. The van der Waals surface area contributed by atoms with Crippen LogP contribution in [0.25, 0.3) is 6.08 Å². The molecular formula is C19H18N2O4. The molecule has 6 nitrogen and oxygen atoms in total. The van der Waals surface area contributed by atoms with Crippen molar-refractivity contribution in [2.45, 2.75) is 13.8 Å². The third-order valence-corrected chi connectivity index (χ3v) is 3.57. The topological polar surface area (TPSA) is 76.7 Å². The Kier molecular flexibility index (Phi) is 4.70. The molecule has 2 aromatic rings. The van der Waals surface area contributed by atoms with Crippen molar-refractivity contribution in [1.82, 2.24) is 5.32 Å². The van der Waals surface area contributed by atoms with Gasteiger partial charge in [-0.05, 0) is 42.8 Å². The maximum absolute atomic E-state index is 12.5. The summed E-state index contributed by atoms with van der Waals surface area (Å²) in [6, 6.07) is 12.7. The Labute approximate surface area is 145 Å². The average molecular weight is 338 g/mol. The number of fused-ring (bicyclic) bond motifs is 1. The normalized spacial score (nSPS) is 12.6. The summed E-state index contributed by atoms with van der Waals surface area (Å²) in [5.41, 5.74) is 2.60. The zero-order chi connectivity index (χ0) is 17.8. The molecule has 6 heteroatoms. The molecule has 0 bridgehead atoms. The minimum Gasteiger partial charge on any atom is -0.454 e. The Morgan fingerprint density at radius 2 is 1.76 bits per heavy atom. The van der Waals surface area contributed by atoms with Gasteiger partial charge in [-0.15, -0.1) is 0 Å². The molecule has 0 radical (unpaired) electrons. The van der Waals surface area contributed by atoms with E-state index in [1.54, 1.807) is 36.4 Å². The van der Waals surface area contributed by atoms with Crippen LogP contribution < -0.4 is 20.1 Å². The van der Waals surface area contributed by atoms with Crippen molar-refractivity contribution in [1.29, 1.82) is 0 Å². The second-order valence-corrected chi connectivity index (χ2v) is 5.67. The predicted molar refractivity (Wildman–Crippen MR) is 94.2 cm³/mol. The van der Waals surface area contributed by atoms with Gasteiger partial charge in [-0.25, -0.2) is 0 Å². The number of hydrogen-bond acceptors (Lipinski definition) is 4. The number of anilines is 1. The molecule has 2 amide bonds. The molecule has 0 saturated heterocycles. The van der Waals surface area contributed by atoms with Crippen LogP contribution in [-0.2, 0) is 9.59 Å². The number of rotatable bonds is 4. The van der Waals surface area contributed by atoms with Gasteiger partial charge >= 0.3 is 0 Å². The van der Waals surface area contributed by atoms with Crippen molar-refractivity contribution in [3.63, 3.8) is 0 Å². The molecule has 0 saturated carbocycles. The minimum absolute atomic E-state index is 0.145. The van der Waals surface area contributed by atoms with E-state index in [-0.39, 0.29) is 18.4 Å². The van der Waals surface area contributed by atoms with E-state index in [2.05, 4.69) is 10.6 Å². The third kappa shape index (κ3) is 4.17. The maximum atomic E-state index is 12.5. The fourth-order valence-electron chi connectivity index (χ4n) is 2.35.